The molecule has 0 aromatic heterocycles. The van der Waals surface area contributed by atoms with Crippen LogP contribution in [0.15, 0.2) is 16.6 Å². The summed E-state index contributed by atoms with van der Waals surface area (Å²) in [5, 5.41) is 11.6. The quantitative estimate of drug-likeness (QED) is 0.767. The Labute approximate surface area is 137 Å². The Morgan fingerprint density at radius 3 is 2.41 bits per heavy atom. The fourth-order valence-corrected chi connectivity index (χ4v) is 2.51. The third-order valence-corrected chi connectivity index (χ3v) is 3.70. The number of amides is 1. The van der Waals surface area contributed by atoms with E-state index in [0.717, 1.165) is 0 Å². The lowest BCUT2D eigenvalue weighted by Crippen LogP contribution is -2.43. The number of methoxy groups -OCH3 is 2. The average Bonchev–Trinajstić information content (AvgIpc) is 2.43. The maximum atomic E-state index is 12.3. The zero-order valence-corrected chi connectivity index (χ0v) is 14.6. The number of carboxylic acid groups (broad SMARTS) is 1. The predicted octanol–water partition coefficient (Wildman–Crippen LogP) is 2.84. The van der Waals surface area contributed by atoms with Gasteiger partial charge in [-0.3, -0.25) is 9.59 Å². The first-order chi connectivity index (χ1) is 10.2. The molecule has 0 unspecified atom stereocenters. The highest BCUT2D eigenvalue weighted by Gasteiger charge is 2.23. The van der Waals surface area contributed by atoms with Crippen LogP contribution in [-0.4, -0.2) is 36.7 Å². The van der Waals surface area contributed by atoms with E-state index in [0.29, 0.717) is 28.0 Å². The molecule has 1 aromatic rings. The SMILES string of the molecule is COc1cc(C(=O)NC(C)(C)CCC(=O)O)cc(Br)c1OC. The van der Waals surface area contributed by atoms with E-state index in [4.69, 9.17) is 14.6 Å². The van der Waals surface area contributed by atoms with Gasteiger partial charge in [0.1, 0.15) is 0 Å². The summed E-state index contributed by atoms with van der Waals surface area (Å²) >= 11 is 3.33. The van der Waals surface area contributed by atoms with E-state index in [1.165, 1.54) is 14.2 Å². The second kappa shape index (κ2) is 7.49. The van der Waals surface area contributed by atoms with Gasteiger partial charge >= 0.3 is 5.97 Å². The first-order valence-electron chi connectivity index (χ1n) is 6.66. The van der Waals surface area contributed by atoms with Gasteiger partial charge < -0.3 is 19.9 Å². The molecule has 0 radical (unpaired) electrons. The monoisotopic (exact) mass is 373 g/mol. The van der Waals surface area contributed by atoms with Gasteiger partial charge in [0, 0.05) is 17.5 Å². The van der Waals surface area contributed by atoms with Crippen molar-refractivity contribution in [1.82, 2.24) is 5.32 Å². The van der Waals surface area contributed by atoms with Crippen molar-refractivity contribution in [3.63, 3.8) is 0 Å². The fraction of sp³-hybridized carbons (Fsp3) is 0.467. The normalized spacial score (nSPS) is 11.0. The van der Waals surface area contributed by atoms with Gasteiger partial charge in [0.25, 0.3) is 5.91 Å². The van der Waals surface area contributed by atoms with Crippen LogP contribution >= 0.6 is 15.9 Å². The molecule has 1 aromatic carbocycles. The minimum Gasteiger partial charge on any atom is -0.493 e. The number of benzene rings is 1. The van der Waals surface area contributed by atoms with Crippen LogP contribution in [0.4, 0.5) is 0 Å². The molecule has 0 saturated heterocycles. The summed E-state index contributed by atoms with van der Waals surface area (Å²) in [6.45, 7) is 3.56. The molecule has 2 N–H and O–H groups in total. The second-order valence-corrected chi connectivity index (χ2v) is 6.28. The lowest BCUT2D eigenvalue weighted by Gasteiger charge is -2.26. The van der Waals surface area contributed by atoms with Gasteiger partial charge in [-0.15, -0.1) is 0 Å². The van der Waals surface area contributed by atoms with Crippen molar-refractivity contribution in [2.45, 2.75) is 32.2 Å². The molecule has 6 nitrogen and oxygen atoms in total. The standard InChI is InChI=1S/C15H20BrNO5/c1-15(2,6-5-12(18)19)17-14(20)9-7-10(16)13(22-4)11(8-9)21-3/h7-8H,5-6H2,1-4H3,(H,17,20)(H,18,19). The number of rotatable bonds is 7. The van der Waals surface area contributed by atoms with E-state index in [2.05, 4.69) is 21.2 Å². The van der Waals surface area contributed by atoms with Gasteiger partial charge in [0.05, 0.1) is 18.7 Å². The lowest BCUT2D eigenvalue weighted by atomic mass is 9.97. The number of halogens is 1. The van der Waals surface area contributed by atoms with Crippen LogP contribution in [0.3, 0.4) is 0 Å². The third kappa shape index (κ3) is 4.91. The molecule has 1 amide bonds. The molecule has 0 atom stereocenters. The molecule has 0 aliphatic heterocycles. The van der Waals surface area contributed by atoms with E-state index in [9.17, 15) is 9.59 Å². The lowest BCUT2D eigenvalue weighted by molar-refractivity contribution is -0.137. The van der Waals surface area contributed by atoms with Crippen LogP contribution in [0.2, 0.25) is 0 Å². The summed E-state index contributed by atoms with van der Waals surface area (Å²) in [7, 11) is 3.00. The predicted molar refractivity (Wildman–Crippen MR) is 85.7 cm³/mol. The number of carbonyl (C=O) groups is 2. The molecule has 0 saturated carbocycles. The summed E-state index contributed by atoms with van der Waals surface area (Å²) in [6.07, 6.45) is 0.325. The van der Waals surface area contributed by atoms with Gasteiger partial charge in [0.15, 0.2) is 11.5 Å². The van der Waals surface area contributed by atoms with Gasteiger partial charge in [-0.1, -0.05) is 0 Å². The Morgan fingerprint density at radius 1 is 1.27 bits per heavy atom. The van der Waals surface area contributed by atoms with Crippen molar-refractivity contribution in [1.29, 1.82) is 0 Å². The fourth-order valence-electron chi connectivity index (χ4n) is 1.91. The average molecular weight is 374 g/mol. The van der Waals surface area contributed by atoms with Crippen molar-refractivity contribution in [3.8, 4) is 11.5 Å². The maximum Gasteiger partial charge on any atom is 0.303 e. The number of carboxylic acids is 1. The molecule has 0 spiro atoms. The van der Waals surface area contributed by atoms with Crippen LogP contribution in [0, 0.1) is 0 Å². The number of nitrogens with one attached hydrogen (secondary N) is 1. The molecule has 1 rings (SSSR count). The van der Waals surface area contributed by atoms with Crippen molar-refractivity contribution < 1.29 is 24.2 Å². The van der Waals surface area contributed by atoms with Crippen LogP contribution in [0.5, 0.6) is 11.5 Å². The highest BCUT2D eigenvalue weighted by Crippen LogP contribution is 2.36. The number of hydrogen-bond donors (Lipinski definition) is 2. The summed E-state index contributed by atoms with van der Waals surface area (Å²) < 4.78 is 11.0. The van der Waals surface area contributed by atoms with E-state index in [1.54, 1.807) is 26.0 Å². The largest absolute Gasteiger partial charge is 0.493 e. The van der Waals surface area contributed by atoms with E-state index < -0.39 is 11.5 Å². The van der Waals surface area contributed by atoms with Crippen LogP contribution in [0.1, 0.15) is 37.0 Å². The topological polar surface area (TPSA) is 84.9 Å². The number of hydrogen-bond acceptors (Lipinski definition) is 4. The minimum absolute atomic E-state index is 0.0110. The molecule has 0 fully saturated rings. The Hall–Kier alpha value is -1.76. The Balaban J connectivity index is 2.94. The van der Waals surface area contributed by atoms with E-state index in [1.807, 2.05) is 0 Å². The van der Waals surface area contributed by atoms with Crippen LogP contribution < -0.4 is 14.8 Å². The maximum absolute atomic E-state index is 12.3. The van der Waals surface area contributed by atoms with E-state index >= 15 is 0 Å². The smallest absolute Gasteiger partial charge is 0.303 e. The second-order valence-electron chi connectivity index (χ2n) is 5.43. The molecular formula is C15H20BrNO5. The zero-order chi connectivity index (χ0) is 16.9. The first-order valence-corrected chi connectivity index (χ1v) is 7.45. The Kier molecular flexibility index (Phi) is 6.22. The molecular weight excluding hydrogens is 354 g/mol. The first kappa shape index (κ1) is 18.3. The summed E-state index contributed by atoms with van der Waals surface area (Å²) in [4.78, 5) is 23.0. The molecule has 7 heteroatoms. The van der Waals surface area contributed by atoms with Gasteiger partial charge in [-0.05, 0) is 48.3 Å². The summed E-state index contributed by atoms with van der Waals surface area (Å²) in [5.41, 5.74) is -0.234. The van der Waals surface area contributed by atoms with Crippen molar-refractivity contribution >= 4 is 27.8 Å². The summed E-state index contributed by atoms with van der Waals surface area (Å²) in [6, 6.07) is 3.20. The Morgan fingerprint density at radius 2 is 1.91 bits per heavy atom. The molecule has 0 aliphatic rings. The molecule has 122 valence electrons. The number of ether oxygens (including phenoxy) is 2. The van der Waals surface area contributed by atoms with Crippen molar-refractivity contribution in [2.24, 2.45) is 0 Å². The third-order valence-electron chi connectivity index (χ3n) is 3.11. The number of aliphatic carboxylic acids is 1. The highest BCUT2D eigenvalue weighted by molar-refractivity contribution is 9.10. The molecule has 22 heavy (non-hydrogen) atoms. The molecule has 0 bridgehead atoms. The molecule has 0 aliphatic carbocycles. The zero-order valence-electron chi connectivity index (χ0n) is 13.0. The highest BCUT2D eigenvalue weighted by atomic mass is 79.9. The van der Waals surface area contributed by atoms with E-state index in [-0.39, 0.29) is 12.3 Å². The molecule has 0 heterocycles. The van der Waals surface area contributed by atoms with Crippen LogP contribution in [0.25, 0.3) is 0 Å². The van der Waals surface area contributed by atoms with Crippen molar-refractivity contribution in [3.05, 3.63) is 22.2 Å². The minimum atomic E-state index is -0.892. The summed E-state index contributed by atoms with van der Waals surface area (Å²) in [5.74, 6) is -0.261. The Bertz CT molecular complexity index is 571. The van der Waals surface area contributed by atoms with Crippen molar-refractivity contribution in [2.75, 3.05) is 14.2 Å². The van der Waals surface area contributed by atoms with Gasteiger partial charge in [-0.2, -0.15) is 0 Å². The number of carbonyl (C=O) groups excluding carboxylic acids is 1. The van der Waals surface area contributed by atoms with Crippen LogP contribution in [-0.2, 0) is 4.79 Å². The van der Waals surface area contributed by atoms with Gasteiger partial charge in [0.2, 0.25) is 0 Å². The van der Waals surface area contributed by atoms with Gasteiger partial charge in [-0.25, -0.2) is 0 Å².